The Balaban J connectivity index is 2.15. The van der Waals surface area contributed by atoms with E-state index in [1.165, 1.54) is 20.3 Å². The van der Waals surface area contributed by atoms with Gasteiger partial charge in [-0.3, -0.25) is 0 Å². The van der Waals surface area contributed by atoms with Gasteiger partial charge in [0.1, 0.15) is 0 Å². The summed E-state index contributed by atoms with van der Waals surface area (Å²) in [5.41, 5.74) is 4.40. The molecular weight excluding hydrogens is 355 g/mol. The summed E-state index contributed by atoms with van der Waals surface area (Å²) in [6.45, 7) is 2.05. The molecule has 0 unspecified atom stereocenters. The summed E-state index contributed by atoms with van der Waals surface area (Å²) in [7, 11) is 0. The van der Waals surface area contributed by atoms with Crippen LogP contribution in [0.4, 0.5) is 0 Å². The van der Waals surface area contributed by atoms with E-state index >= 15 is 0 Å². The van der Waals surface area contributed by atoms with Gasteiger partial charge in [0.25, 0.3) is 0 Å². The van der Waals surface area contributed by atoms with Crippen molar-refractivity contribution in [1.29, 1.82) is 0 Å². The molecule has 20 heavy (non-hydrogen) atoms. The topological polar surface area (TPSA) is 0 Å². The third-order valence-corrected chi connectivity index (χ3v) is 4.12. The summed E-state index contributed by atoms with van der Waals surface area (Å²) in [6.07, 6.45) is 19.8. The molecule has 0 saturated heterocycles. The molecule has 0 fully saturated rings. The molecule has 1 aliphatic carbocycles. The smallest absolute Gasteiger partial charge is 0.0136 e. The second-order valence-corrected chi connectivity index (χ2v) is 6.20. The Labute approximate surface area is 136 Å². The molecule has 0 nitrogen and oxygen atoms in total. The average Bonchev–Trinajstić information content (AvgIpc) is 2.49. The molecule has 1 aliphatic rings. The van der Waals surface area contributed by atoms with E-state index in [-0.39, 0.29) is 0 Å². The van der Waals surface area contributed by atoms with E-state index in [2.05, 4.69) is 83.3 Å². The van der Waals surface area contributed by atoms with Crippen LogP contribution in [0.1, 0.15) is 37.3 Å². The van der Waals surface area contributed by atoms with Gasteiger partial charge in [-0.15, -0.1) is 0 Å². The van der Waals surface area contributed by atoms with Crippen LogP contribution in [0.25, 0.3) is 5.57 Å². The highest BCUT2D eigenvalue weighted by molar-refractivity contribution is 14.1. The van der Waals surface area contributed by atoms with E-state index in [0.717, 1.165) is 25.7 Å². The Hall–Kier alpha value is -1.09. The molecule has 0 spiro atoms. The van der Waals surface area contributed by atoms with Gasteiger partial charge in [-0.2, -0.15) is 0 Å². The van der Waals surface area contributed by atoms with Crippen molar-refractivity contribution in [2.75, 3.05) is 0 Å². The maximum absolute atomic E-state index is 2.41. The van der Waals surface area contributed by atoms with Crippen LogP contribution in [0.2, 0.25) is 0 Å². The van der Waals surface area contributed by atoms with Crippen LogP contribution >= 0.6 is 22.6 Å². The zero-order chi connectivity index (χ0) is 14.2. The Bertz CT molecular complexity index is 559. The van der Waals surface area contributed by atoms with Crippen molar-refractivity contribution in [2.45, 2.75) is 32.6 Å². The Morgan fingerprint density at radius 2 is 2.15 bits per heavy atom. The van der Waals surface area contributed by atoms with Gasteiger partial charge in [0.2, 0.25) is 0 Å². The second kappa shape index (κ2) is 8.25. The first-order valence-electron chi connectivity index (χ1n) is 7.23. The quantitative estimate of drug-likeness (QED) is 0.431. The number of benzene rings is 1. The van der Waals surface area contributed by atoms with Crippen LogP contribution in [0.5, 0.6) is 0 Å². The summed E-state index contributed by atoms with van der Waals surface area (Å²) in [4.78, 5) is 0. The molecule has 1 aromatic rings. The van der Waals surface area contributed by atoms with Crippen molar-refractivity contribution in [2.24, 2.45) is 0 Å². The number of rotatable bonds is 5. The van der Waals surface area contributed by atoms with Crippen molar-refractivity contribution in [3.05, 3.63) is 75.4 Å². The van der Waals surface area contributed by atoms with Gasteiger partial charge in [-0.25, -0.2) is 0 Å². The molecule has 0 saturated carbocycles. The van der Waals surface area contributed by atoms with Gasteiger partial charge >= 0.3 is 0 Å². The minimum Gasteiger partial charge on any atom is -0.0877 e. The van der Waals surface area contributed by atoms with E-state index in [9.17, 15) is 0 Å². The highest BCUT2D eigenvalue weighted by Crippen LogP contribution is 2.28. The SMILES string of the molecule is C/C=C\C=C/CCc1ccc(I)cc1C1=CC=CCC1. The van der Waals surface area contributed by atoms with Crippen LogP contribution < -0.4 is 0 Å². The fraction of sp³-hybridized carbons (Fsp3) is 0.263. The van der Waals surface area contributed by atoms with Gasteiger partial charge in [-0.05, 0) is 84.0 Å². The summed E-state index contributed by atoms with van der Waals surface area (Å²) >= 11 is 2.41. The lowest BCUT2D eigenvalue weighted by Crippen LogP contribution is -1.96. The Morgan fingerprint density at radius 1 is 1.25 bits per heavy atom. The Kier molecular flexibility index (Phi) is 6.31. The third-order valence-electron chi connectivity index (χ3n) is 3.45. The van der Waals surface area contributed by atoms with Crippen molar-refractivity contribution >= 4 is 28.2 Å². The summed E-state index contributed by atoms with van der Waals surface area (Å²) in [5, 5.41) is 0. The van der Waals surface area contributed by atoms with E-state index in [1.807, 2.05) is 6.92 Å². The van der Waals surface area contributed by atoms with Crippen molar-refractivity contribution in [3.63, 3.8) is 0 Å². The predicted molar refractivity (Wildman–Crippen MR) is 97.8 cm³/mol. The highest BCUT2D eigenvalue weighted by Gasteiger charge is 2.09. The van der Waals surface area contributed by atoms with E-state index in [0.29, 0.717) is 0 Å². The third kappa shape index (κ3) is 4.48. The maximum atomic E-state index is 2.41. The number of hydrogen-bond acceptors (Lipinski definition) is 0. The minimum atomic E-state index is 1.10. The molecule has 1 heteroatoms. The van der Waals surface area contributed by atoms with Gasteiger partial charge in [0.05, 0.1) is 0 Å². The van der Waals surface area contributed by atoms with Crippen LogP contribution in [0.3, 0.4) is 0 Å². The zero-order valence-electron chi connectivity index (χ0n) is 12.0. The molecule has 104 valence electrons. The van der Waals surface area contributed by atoms with Gasteiger partial charge < -0.3 is 0 Å². The molecule has 0 heterocycles. The fourth-order valence-electron chi connectivity index (χ4n) is 2.42. The number of allylic oxidation sites excluding steroid dienone is 8. The molecule has 0 N–H and O–H groups in total. The van der Waals surface area contributed by atoms with Gasteiger partial charge in [0, 0.05) is 3.57 Å². The summed E-state index contributed by atoms with van der Waals surface area (Å²) < 4.78 is 1.32. The van der Waals surface area contributed by atoms with Crippen molar-refractivity contribution < 1.29 is 0 Å². The van der Waals surface area contributed by atoms with Crippen molar-refractivity contribution in [3.8, 4) is 0 Å². The normalized spacial score (nSPS) is 15.2. The van der Waals surface area contributed by atoms with E-state index in [1.54, 1.807) is 0 Å². The molecule has 0 amide bonds. The van der Waals surface area contributed by atoms with Crippen LogP contribution in [0, 0.1) is 3.57 Å². The molecule has 1 aromatic carbocycles. The lowest BCUT2D eigenvalue weighted by molar-refractivity contribution is 0.982. The fourth-order valence-corrected chi connectivity index (χ4v) is 2.91. The molecule has 0 radical (unpaired) electrons. The van der Waals surface area contributed by atoms with Gasteiger partial charge in [-0.1, -0.05) is 48.6 Å². The largest absolute Gasteiger partial charge is 0.0877 e. The second-order valence-electron chi connectivity index (χ2n) is 4.95. The first-order valence-corrected chi connectivity index (χ1v) is 8.31. The van der Waals surface area contributed by atoms with E-state index < -0.39 is 0 Å². The highest BCUT2D eigenvalue weighted by atomic mass is 127. The van der Waals surface area contributed by atoms with Crippen LogP contribution in [-0.4, -0.2) is 0 Å². The van der Waals surface area contributed by atoms with Crippen molar-refractivity contribution in [1.82, 2.24) is 0 Å². The van der Waals surface area contributed by atoms with Crippen LogP contribution in [-0.2, 0) is 6.42 Å². The zero-order valence-corrected chi connectivity index (χ0v) is 14.1. The molecule has 2 rings (SSSR count). The summed E-state index contributed by atoms with van der Waals surface area (Å²) in [5.74, 6) is 0. The lowest BCUT2D eigenvalue weighted by Gasteiger charge is -2.14. The van der Waals surface area contributed by atoms with Gasteiger partial charge in [0.15, 0.2) is 0 Å². The Morgan fingerprint density at radius 3 is 2.90 bits per heavy atom. The summed E-state index contributed by atoms with van der Waals surface area (Å²) in [6, 6.07) is 6.84. The lowest BCUT2D eigenvalue weighted by atomic mass is 9.92. The number of aryl methyl sites for hydroxylation is 1. The molecule has 0 aliphatic heterocycles. The molecule has 0 atom stereocenters. The first-order chi connectivity index (χ1) is 9.81. The molecule has 0 bridgehead atoms. The first kappa shape index (κ1) is 15.3. The average molecular weight is 376 g/mol. The minimum absolute atomic E-state index is 1.10. The molecular formula is C19H21I. The monoisotopic (exact) mass is 376 g/mol. The number of halogens is 1. The molecule has 0 aromatic heterocycles. The standard InChI is InChI=1S/C19H21I/c1-2-3-4-5-7-12-17-13-14-18(20)15-19(17)16-10-8-6-9-11-16/h2-6,8,10,13-15H,7,9,11-12H2,1H3/b3-2-,5-4-. The maximum Gasteiger partial charge on any atom is 0.0136 e. The van der Waals surface area contributed by atoms with Crippen LogP contribution in [0.15, 0.2) is 60.7 Å². The predicted octanol–water partition coefficient (Wildman–Crippen LogP) is 6.09. The van der Waals surface area contributed by atoms with E-state index in [4.69, 9.17) is 0 Å². The number of hydrogen-bond donors (Lipinski definition) is 0.